The summed E-state index contributed by atoms with van der Waals surface area (Å²) in [7, 11) is 0. The fraction of sp³-hybridized carbons (Fsp3) is 0.409. The third-order valence-electron chi connectivity index (χ3n) is 6.20. The summed E-state index contributed by atoms with van der Waals surface area (Å²) in [6.45, 7) is -0.471. The normalized spacial score (nSPS) is 29.8. The molecule has 4 N–H and O–H groups in total. The molecule has 164 valence electrons. The highest BCUT2D eigenvalue weighted by Gasteiger charge is 2.50. The highest BCUT2D eigenvalue weighted by atomic mass is 35.5. The van der Waals surface area contributed by atoms with E-state index in [0.29, 0.717) is 10.6 Å². The summed E-state index contributed by atoms with van der Waals surface area (Å²) in [6, 6.07) is 7.25. The molecule has 3 heterocycles. The molecule has 31 heavy (non-hydrogen) atoms. The molecule has 0 unspecified atom stereocenters. The van der Waals surface area contributed by atoms with E-state index >= 15 is 0 Å². The van der Waals surface area contributed by atoms with Gasteiger partial charge < -0.3 is 29.6 Å². The smallest absolute Gasteiger partial charge is 0.113 e. The maximum atomic E-state index is 10.5. The predicted octanol–water partition coefficient (Wildman–Crippen LogP) is 2.65. The van der Waals surface area contributed by atoms with Crippen molar-refractivity contribution in [3.05, 3.63) is 64.1 Å². The summed E-state index contributed by atoms with van der Waals surface area (Å²) >= 11 is 8.18. The second-order valence-electron chi connectivity index (χ2n) is 8.11. The van der Waals surface area contributed by atoms with Gasteiger partial charge in [-0.3, -0.25) is 0 Å². The zero-order valence-electron chi connectivity index (χ0n) is 16.4. The van der Waals surface area contributed by atoms with Crippen LogP contribution in [0.25, 0.3) is 10.4 Å². The van der Waals surface area contributed by atoms with E-state index in [0.717, 1.165) is 33.9 Å². The van der Waals surface area contributed by atoms with Crippen LogP contribution in [0, 0.1) is 0 Å². The van der Waals surface area contributed by atoms with Crippen LogP contribution >= 0.6 is 22.9 Å². The number of aliphatic hydroxyl groups excluding tert-OH is 4. The molecule has 2 aliphatic rings. The van der Waals surface area contributed by atoms with Gasteiger partial charge in [-0.15, -0.1) is 11.3 Å². The molecule has 5 atom stereocenters. The molecule has 7 nitrogen and oxygen atoms in total. The number of furan rings is 1. The van der Waals surface area contributed by atoms with Crippen LogP contribution in [0.1, 0.15) is 35.1 Å². The van der Waals surface area contributed by atoms with Gasteiger partial charge >= 0.3 is 0 Å². The molecule has 2 fully saturated rings. The fourth-order valence-electron chi connectivity index (χ4n) is 4.22. The number of hydrogen-bond donors (Lipinski definition) is 4. The minimum atomic E-state index is -1.43. The van der Waals surface area contributed by atoms with Gasteiger partial charge in [-0.2, -0.15) is 0 Å². The molecular weight excluding hydrogens is 442 g/mol. The van der Waals surface area contributed by atoms with Gasteiger partial charge in [-0.25, -0.2) is 4.98 Å². The number of rotatable bonds is 5. The van der Waals surface area contributed by atoms with Gasteiger partial charge in [-0.1, -0.05) is 23.7 Å². The average Bonchev–Trinajstić information content (AvgIpc) is 3.17. The van der Waals surface area contributed by atoms with Crippen LogP contribution in [0.15, 0.2) is 47.4 Å². The van der Waals surface area contributed by atoms with Gasteiger partial charge in [0, 0.05) is 22.2 Å². The van der Waals surface area contributed by atoms with Crippen molar-refractivity contribution in [2.24, 2.45) is 0 Å². The zero-order chi connectivity index (χ0) is 21.8. The Hall–Kier alpha value is -1.78. The number of aromatic nitrogens is 1. The number of ether oxygens (including phenoxy) is 1. The Morgan fingerprint density at radius 3 is 2.61 bits per heavy atom. The van der Waals surface area contributed by atoms with E-state index in [1.165, 1.54) is 0 Å². The van der Waals surface area contributed by atoms with Crippen LogP contribution in [-0.2, 0) is 10.2 Å². The quantitative estimate of drug-likeness (QED) is 0.459. The second kappa shape index (κ2) is 7.97. The molecule has 1 aliphatic carbocycles. The molecule has 0 bridgehead atoms. The van der Waals surface area contributed by atoms with Gasteiger partial charge in [0.05, 0.1) is 24.0 Å². The van der Waals surface area contributed by atoms with E-state index < -0.39 is 37.1 Å². The summed E-state index contributed by atoms with van der Waals surface area (Å²) in [5.41, 5.74) is 2.17. The SMILES string of the molecule is OC[C@H]1O[C@@H](c2ccc(Cl)c(C3(c4ncc(-c5ccoc5)s4)CC3)c2)[C@H](O)[C@@H](O)[C@@H]1O. The maximum absolute atomic E-state index is 10.5. The van der Waals surface area contributed by atoms with E-state index in [2.05, 4.69) is 4.98 Å². The molecule has 0 amide bonds. The molecule has 0 spiro atoms. The van der Waals surface area contributed by atoms with Crippen molar-refractivity contribution in [3.63, 3.8) is 0 Å². The first kappa shape index (κ1) is 21.1. The van der Waals surface area contributed by atoms with Gasteiger partial charge in [0.25, 0.3) is 0 Å². The van der Waals surface area contributed by atoms with Crippen molar-refractivity contribution in [1.29, 1.82) is 0 Å². The third kappa shape index (κ3) is 3.52. The molecule has 9 heteroatoms. The summed E-state index contributed by atoms with van der Waals surface area (Å²) < 4.78 is 10.9. The molecule has 1 aliphatic heterocycles. The number of aliphatic hydroxyl groups is 4. The molecule has 1 saturated carbocycles. The minimum Gasteiger partial charge on any atom is -0.472 e. The lowest BCUT2D eigenvalue weighted by molar-refractivity contribution is -0.231. The van der Waals surface area contributed by atoms with E-state index in [1.54, 1.807) is 36.0 Å². The Labute approximate surface area is 187 Å². The number of benzene rings is 1. The van der Waals surface area contributed by atoms with Crippen LogP contribution in [0.5, 0.6) is 0 Å². The summed E-state index contributed by atoms with van der Waals surface area (Å²) in [5.74, 6) is 0. The predicted molar refractivity (Wildman–Crippen MR) is 114 cm³/mol. The maximum Gasteiger partial charge on any atom is 0.113 e. The Balaban J connectivity index is 1.49. The standard InChI is InChI=1S/C22H22ClNO6S/c23-14-2-1-11(20-19(28)18(27)17(26)15(9-25)30-20)7-13(14)22(4-5-22)21-24-8-16(31-21)12-3-6-29-10-12/h1-3,6-8,10,15,17-20,25-28H,4-5,9H2/t15-,17-,18+,19-,20+/m1/s1. The van der Waals surface area contributed by atoms with Gasteiger partial charge in [0.2, 0.25) is 0 Å². The number of hydrogen-bond acceptors (Lipinski definition) is 8. The van der Waals surface area contributed by atoms with Crippen molar-refractivity contribution < 1.29 is 29.6 Å². The first-order chi connectivity index (χ1) is 14.9. The molecule has 1 aromatic carbocycles. The van der Waals surface area contributed by atoms with Crippen LogP contribution in [0.2, 0.25) is 5.02 Å². The summed E-state index contributed by atoms with van der Waals surface area (Å²) in [5, 5.41) is 41.8. The fourth-order valence-corrected chi connectivity index (χ4v) is 5.68. The van der Waals surface area contributed by atoms with Crippen molar-refractivity contribution in [2.75, 3.05) is 6.61 Å². The Morgan fingerprint density at radius 1 is 1.13 bits per heavy atom. The average molecular weight is 464 g/mol. The Kier molecular flexibility index (Phi) is 5.42. The second-order valence-corrected chi connectivity index (χ2v) is 9.55. The Bertz CT molecular complexity index is 1060. The number of thiazole rings is 1. The van der Waals surface area contributed by atoms with Crippen molar-refractivity contribution in [3.8, 4) is 10.4 Å². The van der Waals surface area contributed by atoms with Crippen molar-refractivity contribution >= 4 is 22.9 Å². The first-order valence-electron chi connectivity index (χ1n) is 10.0. The van der Waals surface area contributed by atoms with Crippen LogP contribution in [-0.4, -0.2) is 56.4 Å². The lowest BCUT2D eigenvalue weighted by Gasteiger charge is -2.40. The van der Waals surface area contributed by atoms with E-state index in [1.807, 2.05) is 18.3 Å². The van der Waals surface area contributed by atoms with Crippen molar-refractivity contribution in [1.82, 2.24) is 4.98 Å². The van der Waals surface area contributed by atoms with Gasteiger partial charge in [0.1, 0.15) is 35.5 Å². The van der Waals surface area contributed by atoms with E-state index in [4.69, 9.17) is 20.8 Å². The molecule has 5 rings (SSSR count). The molecular formula is C22H22ClNO6S. The van der Waals surface area contributed by atoms with Crippen LogP contribution in [0.3, 0.4) is 0 Å². The van der Waals surface area contributed by atoms with E-state index in [-0.39, 0.29) is 5.41 Å². The van der Waals surface area contributed by atoms with Crippen LogP contribution < -0.4 is 0 Å². The zero-order valence-corrected chi connectivity index (χ0v) is 18.0. The molecule has 0 radical (unpaired) electrons. The van der Waals surface area contributed by atoms with Gasteiger partial charge in [0.15, 0.2) is 0 Å². The molecule has 1 saturated heterocycles. The number of halogens is 1. The summed E-state index contributed by atoms with van der Waals surface area (Å²) in [4.78, 5) is 5.67. The topological polar surface area (TPSA) is 116 Å². The number of nitrogens with zero attached hydrogens (tertiary/aromatic N) is 1. The minimum absolute atomic E-state index is 0.312. The van der Waals surface area contributed by atoms with Crippen molar-refractivity contribution in [2.45, 2.75) is 48.8 Å². The first-order valence-corrected chi connectivity index (χ1v) is 11.2. The lowest BCUT2D eigenvalue weighted by Crippen LogP contribution is -2.55. The highest BCUT2D eigenvalue weighted by molar-refractivity contribution is 7.15. The largest absolute Gasteiger partial charge is 0.472 e. The monoisotopic (exact) mass is 463 g/mol. The molecule has 3 aromatic rings. The third-order valence-corrected chi connectivity index (χ3v) is 7.78. The van der Waals surface area contributed by atoms with Gasteiger partial charge in [-0.05, 0) is 36.1 Å². The van der Waals surface area contributed by atoms with Crippen LogP contribution in [0.4, 0.5) is 0 Å². The Morgan fingerprint density at radius 2 is 1.94 bits per heavy atom. The highest BCUT2D eigenvalue weighted by Crippen LogP contribution is 2.57. The molecule has 2 aromatic heterocycles. The lowest BCUT2D eigenvalue weighted by atomic mass is 9.88. The summed E-state index contributed by atoms with van der Waals surface area (Å²) in [6.07, 6.45) is 0.901. The van der Waals surface area contributed by atoms with E-state index in [9.17, 15) is 20.4 Å².